The number of hydrogen-bond acceptors (Lipinski definition) is 3. The van der Waals surface area contributed by atoms with Gasteiger partial charge in [-0.2, -0.15) is 0 Å². The topological polar surface area (TPSA) is 61.4 Å². The van der Waals surface area contributed by atoms with Crippen LogP contribution >= 0.6 is 11.6 Å². The SMILES string of the molecule is O=C(NC1CCN(c2ccccc2C(=O)N[C@@H]2CCCc3ccccc32)CC1)c1ccc(Cl)cc1. The standard InChI is InChI=1S/C29H30ClN3O2/c30-22-14-12-21(13-15-22)28(34)31-23-16-18-33(19-17-23)27-11-4-3-9-25(27)29(35)32-26-10-5-7-20-6-1-2-8-24(20)26/h1-4,6,8-9,11-15,23,26H,5,7,10,16-19H2,(H,31,34)(H,32,35)/t26-/m1/s1. The molecule has 3 aromatic carbocycles. The van der Waals surface area contributed by atoms with Crippen LogP contribution < -0.4 is 15.5 Å². The highest BCUT2D eigenvalue weighted by Gasteiger charge is 2.26. The van der Waals surface area contributed by atoms with Gasteiger partial charge in [-0.15, -0.1) is 0 Å². The number of hydrogen-bond donors (Lipinski definition) is 2. The molecule has 0 aromatic heterocycles. The van der Waals surface area contributed by atoms with E-state index in [-0.39, 0.29) is 23.9 Å². The van der Waals surface area contributed by atoms with Gasteiger partial charge in [0.1, 0.15) is 0 Å². The minimum atomic E-state index is -0.0762. The van der Waals surface area contributed by atoms with Crippen LogP contribution in [0.5, 0.6) is 0 Å². The third-order valence-electron chi connectivity index (χ3n) is 7.10. The summed E-state index contributed by atoms with van der Waals surface area (Å²) >= 11 is 5.93. The van der Waals surface area contributed by atoms with E-state index in [4.69, 9.17) is 11.6 Å². The number of nitrogens with zero attached hydrogens (tertiary/aromatic N) is 1. The summed E-state index contributed by atoms with van der Waals surface area (Å²) in [5.74, 6) is -0.104. The Morgan fingerprint density at radius 1 is 0.800 bits per heavy atom. The van der Waals surface area contributed by atoms with Crippen molar-refractivity contribution >= 4 is 29.1 Å². The van der Waals surface area contributed by atoms with Crippen LogP contribution in [-0.4, -0.2) is 30.9 Å². The van der Waals surface area contributed by atoms with Crippen LogP contribution in [0, 0.1) is 0 Å². The number of amides is 2. The quantitative estimate of drug-likeness (QED) is 0.496. The molecule has 2 aliphatic rings. The number of piperidine rings is 1. The number of aryl methyl sites for hydroxylation is 1. The van der Waals surface area contributed by atoms with Gasteiger partial charge in [0.25, 0.3) is 11.8 Å². The third kappa shape index (κ3) is 5.35. The van der Waals surface area contributed by atoms with Gasteiger partial charge in [0.15, 0.2) is 0 Å². The lowest BCUT2D eigenvalue weighted by Crippen LogP contribution is -2.45. The molecule has 1 saturated heterocycles. The van der Waals surface area contributed by atoms with Crippen molar-refractivity contribution < 1.29 is 9.59 Å². The van der Waals surface area contributed by atoms with Gasteiger partial charge in [-0.05, 0) is 79.6 Å². The maximum Gasteiger partial charge on any atom is 0.253 e. The first-order valence-corrected chi connectivity index (χ1v) is 12.8. The smallest absolute Gasteiger partial charge is 0.253 e. The predicted molar refractivity (Wildman–Crippen MR) is 140 cm³/mol. The Kier molecular flexibility index (Phi) is 7.05. The Morgan fingerprint density at radius 3 is 2.31 bits per heavy atom. The van der Waals surface area contributed by atoms with Crippen molar-refractivity contribution in [2.24, 2.45) is 0 Å². The van der Waals surface area contributed by atoms with Gasteiger partial charge in [-0.3, -0.25) is 9.59 Å². The molecule has 6 heteroatoms. The van der Waals surface area contributed by atoms with Gasteiger partial charge in [0, 0.05) is 35.4 Å². The molecule has 35 heavy (non-hydrogen) atoms. The first-order valence-electron chi connectivity index (χ1n) is 12.4. The van der Waals surface area contributed by atoms with E-state index < -0.39 is 0 Å². The van der Waals surface area contributed by atoms with Crippen molar-refractivity contribution in [2.75, 3.05) is 18.0 Å². The number of anilines is 1. The molecule has 0 saturated carbocycles. The molecule has 5 nitrogen and oxygen atoms in total. The summed E-state index contributed by atoms with van der Waals surface area (Å²) in [5.41, 5.74) is 4.85. The highest BCUT2D eigenvalue weighted by Crippen LogP contribution is 2.31. The van der Waals surface area contributed by atoms with E-state index in [9.17, 15) is 9.59 Å². The fraction of sp³-hybridized carbons (Fsp3) is 0.310. The summed E-state index contributed by atoms with van der Waals surface area (Å²) in [6.45, 7) is 1.56. The number of rotatable bonds is 5. The minimum absolute atomic E-state index is 0.0273. The molecule has 1 aliphatic carbocycles. The van der Waals surface area contributed by atoms with Crippen LogP contribution in [0.1, 0.15) is 63.6 Å². The van der Waals surface area contributed by atoms with Crippen molar-refractivity contribution in [3.8, 4) is 0 Å². The van der Waals surface area contributed by atoms with Gasteiger partial charge < -0.3 is 15.5 Å². The van der Waals surface area contributed by atoms with Crippen molar-refractivity contribution in [1.29, 1.82) is 0 Å². The molecule has 1 heterocycles. The van der Waals surface area contributed by atoms with E-state index in [0.717, 1.165) is 50.9 Å². The molecule has 0 radical (unpaired) electrons. The van der Waals surface area contributed by atoms with E-state index in [1.807, 2.05) is 30.3 Å². The monoisotopic (exact) mass is 487 g/mol. The lowest BCUT2D eigenvalue weighted by molar-refractivity contribution is 0.0926. The molecule has 1 fully saturated rings. The van der Waals surface area contributed by atoms with Crippen LogP contribution in [0.3, 0.4) is 0 Å². The maximum atomic E-state index is 13.4. The molecule has 0 bridgehead atoms. The Morgan fingerprint density at radius 2 is 1.51 bits per heavy atom. The summed E-state index contributed by atoms with van der Waals surface area (Å²) in [4.78, 5) is 28.2. The molecule has 1 aliphatic heterocycles. The minimum Gasteiger partial charge on any atom is -0.371 e. The zero-order valence-corrected chi connectivity index (χ0v) is 20.4. The van der Waals surface area contributed by atoms with E-state index in [1.54, 1.807) is 24.3 Å². The molecule has 5 rings (SSSR count). The molecule has 2 amide bonds. The predicted octanol–water partition coefficient (Wildman–Crippen LogP) is 5.55. The lowest BCUT2D eigenvalue weighted by atomic mass is 9.87. The molecule has 1 atom stereocenters. The van der Waals surface area contributed by atoms with Crippen LogP contribution in [0.4, 0.5) is 5.69 Å². The van der Waals surface area contributed by atoms with Crippen LogP contribution in [0.15, 0.2) is 72.8 Å². The summed E-state index contributed by atoms with van der Waals surface area (Å²) in [6.07, 6.45) is 4.77. The van der Waals surface area contributed by atoms with Gasteiger partial charge in [-0.1, -0.05) is 48.0 Å². The normalized spacial score (nSPS) is 18.0. The van der Waals surface area contributed by atoms with Crippen LogP contribution in [0.2, 0.25) is 5.02 Å². The highest BCUT2D eigenvalue weighted by atomic mass is 35.5. The van der Waals surface area contributed by atoms with Crippen LogP contribution in [-0.2, 0) is 6.42 Å². The average molecular weight is 488 g/mol. The molecular weight excluding hydrogens is 458 g/mol. The fourth-order valence-electron chi connectivity index (χ4n) is 5.22. The van der Waals surface area contributed by atoms with E-state index >= 15 is 0 Å². The summed E-state index contributed by atoms with van der Waals surface area (Å²) < 4.78 is 0. The second-order valence-electron chi connectivity index (χ2n) is 9.38. The van der Waals surface area contributed by atoms with Crippen molar-refractivity contribution in [3.05, 3.63) is 100 Å². The summed E-state index contributed by atoms with van der Waals surface area (Å²) in [7, 11) is 0. The Labute approximate surface area is 211 Å². The molecule has 0 spiro atoms. The molecular formula is C29H30ClN3O2. The fourth-order valence-corrected chi connectivity index (χ4v) is 5.34. The first kappa shape index (κ1) is 23.4. The molecule has 2 N–H and O–H groups in total. The van der Waals surface area contributed by atoms with Crippen LogP contribution in [0.25, 0.3) is 0 Å². The number of halogens is 1. The number of para-hydroxylation sites is 1. The van der Waals surface area contributed by atoms with Gasteiger partial charge in [-0.25, -0.2) is 0 Å². The summed E-state index contributed by atoms with van der Waals surface area (Å²) in [6, 6.07) is 23.4. The number of nitrogens with one attached hydrogen (secondary N) is 2. The molecule has 180 valence electrons. The Hall–Kier alpha value is -3.31. The zero-order chi connectivity index (χ0) is 24.2. The second-order valence-corrected chi connectivity index (χ2v) is 9.81. The zero-order valence-electron chi connectivity index (χ0n) is 19.7. The number of benzene rings is 3. The number of carbonyl (C=O) groups is 2. The number of fused-ring (bicyclic) bond motifs is 1. The number of carbonyl (C=O) groups excluding carboxylic acids is 2. The average Bonchev–Trinajstić information content (AvgIpc) is 2.90. The van der Waals surface area contributed by atoms with Gasteiger partial charge in [0.2, 0.25) is 0 Å². The largest absolute Gasteiger partial charge is 0.371 e. The van der Waals surface area contributed by atoms with E-state index in [1.165, 1.54) is 11.1 Å². The first-order chi connectivity index (χ1) is 17.1. The molecule has 3 aromatic rings. The Bertz CT molecular complexity index is 1200. The van der Waals surface area contributed by atoms with E-state index in [2.05, 4.69) is 33.7 Å². The Balaban J connectivity index is 1.22. The van der Waals surface area contributed by atoms with Crippen molar-refractivity contribution in [2.45, 2.75) is 44.2 Å². The second kappa shape index (κ2) is 10.5. The van der Waals surface area contributed by atoms with Gasteiger partial charge in [0.05, 0.1) is 11.6 Å². The molecule has 0 unspecified atom stereocenters. The van der Waals surface area contributed by atoms with Gasteiger partial charge >= 0.3 is 0 Å². The lowest BCUT2D eigenvalue weighted by Gasteiger charge is -2.35. The third-order valence-corrected chi connectivity index (χ3v) is 7.35. The highest BCUT2D eigenvalue weighted by molar-refractivity contribution is 6.30. The maximum absolute atomic E-state index is 13.4. The van der Waals surface area contributed by atoms with E-state index in [0.29, 0.717) is 16.1 Å². The van der Waals surface area contributed by atoms with Crippen molar-refractivity contribution in [1.82, 2.24) is 10.6 Å². The summed E-state index contributed by atoms with van der Waals surface area (Å²) in [5, 5.41) is 7.05. The van der Waals surface area contributed by atoms with Crippen molar-refractivity contribution in [3.63, 3.8) is 0 Å².